The van der Waals surface area contributed by atoms with E-state index in [9.17, 15) is 14.9 Å². The number of nitro groups is 1. The SMILES string of the molecule is O=C1CC(=Nc2ccccc2[N+](=O)[O-])NN1c1ccccc1. The van der Waals surface area contributed by atoms with Gasteiger partial charge in [0.25, 0.3) is 11.6 Å². The van der Waals surface area contributed by atoms with Crippen molar-refractivity contribution in [3.63, 3.8) is 0 Å². The molecule has 7 nitrogen and oxygen atoms in total. The molecule has 1 amide bonds. The number of hydrazine groups is 1. The van der Waals surface area contributed by atoms with Crippen LogP contribution in [0.3, 0.4) is 0 Å². The first-order chi connectivity index (χ1) is 10.6. The van der Waals surface area contributed by atoms with E-state index in [-0.39, 0.29) is 23.7 Å². The number of carbonyl (C=O) groups is 1. The van der Waals surface area contributed by atoms with Gasteiger partial charge in [-0.05, 0) is 18.2 Å². The van der Waals surface area contributed by atoms with Gasteiger partial charge in [0.05, 0.1) is 17.0 Å². The number of amidine groups is 1. The van der Waals surface area contributed by atoms with Crippen molar-refractivity contribution < 1.29 is 9.72 Å². The van der Waals surface area contributed by atoms with Crippen LogP contribution < -0.4 is 10.4 Å². The van der Waals surface area contributed by atoms with Crippen LogP contribution in [0.5, 0.6) is 0 Å². The number of benzene rings is 2. The summed E-state index contributed by atoms with van der Waals surface area (Å²) in [5.41, 5.74) is 3.70. The second-order valence-electron chi connectivity index (χ2n) is 4.66. The van der Waals surface area contributed by atoms with Gasteiger partial charge in [-0.25, -0.2) is 10.0 Å². The van der Waals surface area contributed by atoms with Crippen molar-refractivity contribution in [3.05, 3.63) is 64.7 Å². The Morgan fingerprint density at radius 3 is 2.50 bits per heavy atom. The van der Waals surface area contributed by atoms with Gasteiger partial charge in [0, 0.05) is 6.07 Å². The number of nitrogens with one attached hydrogen (secondary N) is 1. The average Bonchev–Trinajstić information content (AvgIpc) is 2.89. The first-order valence-corrected chi connectivity index (χ1v) is 6.61. The van der Waals surface area contributed by atoms with Crippen molar-refractivity contribution in [1.82, 2.24) is 5.43 Å². The quantitative estimate of drug-likeness (QED) is 0.696. The first kappa shape index (κ1) is 13.7. The van der Waals surface area contributed by atoms with Gasteiger partial charge in [-0.1, -0.05) is 30.3 Å². The van der Waals surface area contributed by atoms with E-state index in [1.54, 1.807) is 30.3 Å². The number of nitro benzene ring substituents is 1. The molecule has 7 heteroatoms. The van der Waals surface area contributed by atoms with Crippen LogP contribution in [0.1, 0.15) is 6.42 Å². The van der Waals surface area contributed by atoms with Gasteiger partial charge in [0.15, 0.2) is 0 Å². The molecule has 0 aromatic heterocycles. The number of amides is 1. The highest BCUT2D eigenvalue weighted by Gasteiger charge is 2.27. The predicted molar refractivity (Wildman–Crippen MR) is 81.9 cm³/mol. The maximum atomic E-state index is 12.0. The van der Waals surface area contributed by atoms with Crippen LogP contribution in [0.2, 0.25) is 0 Å². The zero-order chi connectivity index (χ0) is 15.5. The number of para-hydroxylation sites is 3. The normalized spacial score (nSPS) is 15.9. The lowest BCUT2D eigenvalue weighted by molar-refractivity contribution is -0.384. The minimum Gasteiger partial charge on any atom is -0.278 e. The molecule has 0 aliphatic carbocycles. The van der Waals surface area contributed by atoms with Crippen LogP contribution in [0.25, 0.3) is 0 Å². The standard InChI is InChI=1S/C15H12N4O3/c20-15-10-14(17-18(15)11-6-2-1-3-7-11)16-12-8-4-5-9-13(12)19(21)22/h1-9H,10H2,(H,16,17). The van der Waals surface area contributed by atoms with Crippen molar-refractivity contribution in [2.45, 2.75) is 6.42 Å². The Balaban J connectivity index is 1.89. The Kier molecular flexibility index (Phi) is 3.53. The summed E-state index contributed by atoms with van der Waals surface area (Å²) < 4.78 is 0. The van der Waals surface area contributed by atoms with Crippen LogP contribution >= 0.6 is 0 Å². The van der Waals surface area contributed by atoms with Crippen molar-refractivity contribution >= 4 is 28.8 Å². The van der Waals surface area contributed by atoms with Crippen LogP contribution in [-0.4, -0.2) is 16.7 Å². The molecule has 1 aliphatic rings. The molecular weight excluding hydrogens is 284 g/mol. The molecule has 1 fully saturated rings. The van der Waals surface area contributed by atoms with Crippen LogP contribution in [0.15, 0.2) is 59.6 Å². The fourth-order valence-electron chi connectivity index (χ4n) is 2.16. The Hall–Kier alpha value is -3.22. The lowest BCUT2D eigenvalue weighted by Crippen LogP contribution is -2.35. The molecule has 1 aliphatic heterocycles. The molecule has 2 aromatic carbocycles. The fraction of sp³-hybridized carbons (Fsp3) is 0.0667. The van der Waals surface area contributed by atoms with Gasteiger partial charge in [0.1, 0.15) is 11.5 Å². The summed E-state index contributed by atoms with van der Waals surface area (Å²) in [6.45, 7) is 0. The highest BCUT2D eigenvalue weighted by Crippen LogP contribution is 2.27. The lowest BCUT2D eigenvalue weighted by atomic mass is 10.2. The lowest BCUT2D eigenvalue weighted by Gasteiger charge is -2.15. The summed E-state index contributed by atoms with van der Waals surface area (Å²) in [5.74, 6) is 0.215. The molecule has 2 aromatic rings. The van der Waals surface area contributed by atoms with Crippen molar-refractivity contribution in [2.75, 3.05) is 5.01 Å². The minimum atomic E-state index is -0.495. The second-order valence-corrected chi connectivity index (χ2v) is 4.66. The highest BCUT2D eigenvalue weighted by atomic mass is 16.6. The van der Waals surface area contributed by atoms with E-state index in [1.807, 2.05) is 18.2 Å². The number of hydrogen-bond donors (Lipinski definition) is 1. The zero-order valence-electron chi connectivity index (χ0n) is 11.5. The summed E-state index contributed by atoms with van der Waals surface area (Å²) in [4.78, 5) is 26.7. The topological polar surface area (TPSA) is 87.8 Å². The molecule has 1 N–H and O–H groups in total. The molecule has 0 radical (unpaired) electrons. The highest BCUT2D eigenvalue weighted by molar-refractivity contribution is 6.14. The van der Waals surface area contributed by atoms with E-state index in [0.717, 1.165) is 0 Å². The number of aliphatic imine (C=N–C) groups is 1. The smallest absolute Gasteiger partial charge is 0.278 e. The summed E-state index contributed by atoms with van der Waals surface area (Å²) in [6.07, 6.45) is 0.0704. The van der Waals surface area contributed by atoms with Crippen LogP contribution in [-0.2, 0) is 4.79 Å². The number of anilines is 1. The molecule has 0 unspecified atom stereocenters. The zero-order valence-corrected chi connectivity index (χ0v) is 11.5. The molecule has 22 heavy (non-hydrogen) atoms. The van der Waals surface area contributed by atoms with E-state index in [4.69, 9.17) is 0 Å². The van der Waals surface area contributed by atoms with Crippen LogP contribution in [0.4, 0.5) is 17.1 Å². The molecule has 1 saturated heterocycles. The fourth-order valence-corrected chi connectivity index (χ4v) is 2.16. The second kappa shape index (κ2) is 5.65. The van der Waals surface area contributed by atoms with Gasteiger partial charge in [-0.2, -0.15) is 0 Å². The van der Waals surface area contributed by atoms with E-state index in [2.05, 4.69) is 10.4 Å². The first-order valence-electron chi connectivity index (χ1n) is 6.61. The molecule has 0 saturated carbocycles. The Morgan fingerprint density at radius 2 is 1.77 bits per heavy atom. The van der Waals surface area contributed by atoms with E-state index < -0.39 is 4.92 Å². The van der Waals surface area contributed by atoms with Gasteiger partial charge in [-0.15, -0.1) is 0 Å². The molecule has 110 valence electrons. The molecule has 0 atom stereocenters. The molecule has 0 spiro atoms. The molecular formula is C15H12N4O3. The molecule has 1 heterocycles. The van der Waals surface area contributed by atoms with Gasteiger partial charge >= 0.3 is 0 Å². The van der Waals surface area contributed by atoms with Gasteiger partial charge < -0.3 is 0 Å². The Labute approximate surface area is 126 Å². The van der Waals surface area contributed by atoms with E-state index in [1.165, 1.54) is 11.1 Å². The minimum absolute atomic E-state index is 0.0704. The summed E-state index contributed by atoms with van der Waals surface area (Å²) in [6, 6.07) is 15.2. The third-order valence-electron chi connectivity index (χ3n) is 3.16. The predicted octanol–water partition coefficient (Wildman–Crippen LogP) is 2.57. The summed E-state index contributed by atoms with van der Waals surface area (Å²) in [7, 11) is 0. The molecule has 3 rings (SSSR count). The Morgan fingerprint density at radius 1 is 1.09 bits per heavy atom. The monoisotopic (exact) mass is 296 g/mol. The van der Waals surface area contributed by atoms with Gasteiger partial charge in [-0.3, -0.25) is 20.3 Å². The number of hydrogen-bond acceptors (Lipinski definition) is 4. The van der Waals surface area contributed by atoms with Crippen molar-refractivity contribution in [1.29, 1.82) is 0 Å². The maximum Gasteiger partial charge on any atom is 0.294 e. The third-order valence-corrected chi connectivity index (χ3v) is 3.16. The maximum absolute atomic E-state index is 12.0. The summed E-state index contributed by atoms with van der Waals surface area (Å²) >= 11 is 0. The van der Waals surface area contributed by atoms with Crippen molar-refractivity contribution in [3.8, 4) is 0 Å². The number of carbonyl (C=O) groups excluding carboxylic acids is 1. The van der Waals surface area contributed by atoms with E-state index in [0.29, 0.717) is 11.5 Å². The van der Waals surface area contributed by atoms with E-state index >= 15 is 0 Å². The van der Waals surface area contributed by atoms with Crippen LogP contribution in [0, 0.1) is 10.1 Å². The van der Waals surface area contributed by atoms with Crippen molar-refractivity contribution in [2.24, 2.45) is 4.99 Å². The average molecular weight is 296 g/mol. The molecule has 0 bridgehead atoms. The largest absolute Gasteiger partial charge is 0.294 e. The number of nitrogens with zero attached hydrogens (tertiary/aromatic N) is 3. The third kappa shape index (κ3) is 2.64. The summed E-state index contributed by atoms with van der Waals surface area (Å²) in [5, 5.41) is 12.4. The number of rotatable bonds is 3. The Bertz CT molecular complexity index is 758. The van der Waals surface area contributed by atoms with Gasteiger partial charge in [0.2, 0.25) is 0 Å².